The zero-order valence-electron chi connectivity index (χ0n) is 5.90. The summed E-state index contributed by atoms with van der Waals surface area (Å²) in [7, 11) is 0. The summed E-state index contributed by atoms with van der Waals surface area (Å²) in [6.07, 6.45) is 0. The Morgan fingerprint density at radius 2 is 1.64 bits per heavy atom. The fourth-order valence-electron chi connectivity index (χ4n) is 1.06. The van der Waals surface area contributed by atoms with Crippen molar-refractivity contribution in [1.29, 1.82) is 0 Å². The predicted octanol–water partition coefficient (Wildman–Crippen LogP) is 2.64. The number of hydrogen-bond donors (Lipinski definition) is 0. The molecule has 0 aliphatic rings. The van der Waals surface area contributed by atoms with Crippen LogP contribution in [0.3, 0.4) is 0 Å². The van der Waals surface area contributed by atoms with Crippen molar-refractivity contribution in [3.8, 4) is 0 Å². The predicted molar refractivity (Wildman–Crippen MR) is 42.8 cm³/mol. The molecule has 0 atom stereocenters. The molecule has 0 N–H and O–H groups in total. The first kappa shape index (κ1) is 8.43. The Kier molecular flexibility index (Phi) is 2.80. The molecule has 0 saturated heterocycles. The molecule has 0 amide bonds. The summed E-state index contributed by atoms with van der Waals surface area (Å²) in [6, 6.07) is 17.4. The molecule has 2 aromatic rings. The van der Waals surface area contributed by atoms with Crippen LogP contribution in [0.5, 0.6) is 0 Å². The van der Waals surface area contributed by atoms with Crippen molar-refractivity contribution in [3.05, 3.63) is 48.5 Å². The van der Waals surface area contributed by atoms with Gasteiger partial charge in [0.1, 0.15) is 0 Å². The van der Waals surface area contributed by atoms with Crippen molar-refractivity contribution in [2.24, 2.45) is 0 Å². The number of benzene rings is 2. The van der Waals surface area contributed by atoms with Crippen LogP contribution in [-0.4, -0.2) is 0 Å². The zero-order valence-corrected chi connectivity index (χ0v) is 8.44. The molecule has 0 spiro atoms. The Hall–Kier alpha value is -0.664. The minimum absolute atomic E-state index is 0. The van der Waals surface area contributed by atoms with Crippen LogP contribution < -0.4 is 0 Å². The first-order valence-corrected chi connectivity index (χ1v) is 3.32. The minimum atomic E-state index is 0. The molecule has 0 aliphatic heterocycles. The zero-order chi connectivity index (χ0) is 6.81. The van der Waals surface area contributed by atoms with Gasteiger partial charge in [-0.15, -0.1) is 47.2 Å². The second-order valence-electron chi connectivity index (χ2n) is 2.26. The van der Waals surface area contributed by atoms with Gasteiger partial charge in [-0.3, -0.25) is 0 Å². The molecule has 0 bridgehead atoms. The molecule has 2 aromatic carbocycles. The van der Waals surface area contributed by atoms with E-state index in [4.69, 9.17) is 0 Å². The average Bonchev–Trinajstić information content (AvgIpc) is 2.05. The van der Waals surface area contributed by atoms with E-state index in [-0.39, 0.29) is 19.8 Å². The van der Waals surface area contributed by atoms with Gasteiger partial charge in [-0.25, -0.2) is 0 Å². The van der Waals surface area contributed by atoms with Gasteiger partial charge in [-0.1, -0.05) is 12.1 Å². The average molecular weight is 317 g/mol. The monoisotopic (exact) mass is 319 g/mol. The van der Waals surface area contributed by atoms with Crippen molar-refractivity contribution in [1.82, 2.24) is 0 Å². The quantitative estimate of drug-likeness (QED) is 0.655. The number of hydrogen-bond acceptors (Lipinski definition) is 0. The molecule has 0 fully saturated rings. The van der Waals surface area contributed by atoms with Crippen molar-refractivity contribution in [3.63, 3.8) is 0 Å². The van der Waals surface area contributed by atoms with Crippen molar-refractivity contribution in [2.45, 2.75) is 0 Å². The fraction of sp³-hybridized carbons (Fsp3) is 0. The maximum absolute atomic E-state index is 3.15. The van der Waals surface area contributed by atoms with E-state index in [0.717, 1.165) is 0 Å². The number of rotatable bonds is 0. The van der Waals surface area contributed by atoms with Gasteiger partial charge in [-0.2, -0.15) is 0 Å². The molecule has 0 nitrogen and oxygen atoms in total. The van der Waals surface area contributed by atoms with Gasteiger partial charge in [0, 0.05) is 0 Å². The SMILES string of the molecule is [Os+].[c-]1cccc2ccccc12. The van der Waals surface area contributed by atoms with Gasteiger partial charge in [0.15, 0.2) is 0 Å². The normalized spacial score (nSPS) is 9.09. The van der Waals surface area contributed by atoms with Crippen LogP contribution in [-0.2, 0) is 19.8 Å². The van der Waals surface area contributed by atoms with Crippen LogP contribution in [0, 0.1) is 6.07 Å². The number of fused-ring (bicyclic) bond motifs is 1. The second kappa shape index (κ2) is 3.65. The topological polar surface area (TPSA) is 0 Å². The minimum Gasteiger partial charge on any atom is -0.147 e. The molecule has 11 heavy (non-hydrogen) atoms. The molecular formula is C10H7Os. The van der Waals surface area contributed by atoms with Crippen LogP contribution in [0.4, 0.5) is 0 Å². The molecule has 1 heteroatoms. The largest absolute Gasteiger partial charge is 1.00 e. The third-order valence-electron chi connectivity index (χ3n) is 1.57. The Bertz CT molecular complexity index is 276. The maximum Gasteiger partial charge on any atom is 1.00 e. The standard InChI is InChI=1S/C10H7.Os/c1-2-6-10-8-4-3-7-9(10)5-1;/h1-7H;/q-1;+1. The molecule has 0 heterocycles. The molecule has 0 aliphatic carbocycles. The first-order chi connectivity index (χ1) is 4.97. The van der Waals surface area contributed by atoms with E-state index in [1.165, 1.54) is 10.8 Å². The third kappa shape index (κ3) is 1.67. The summed E-state index contributed by atoms with van der Waals surface area (Å²) in [5.74, 6) is 0. The second-order valence-corrected chi connectivity index (χ2v) is 2.26. The summed E-state index contributed by atoms with van der Waals surface area (Å²) in [4.78, 5) is 0. The van der Waals surface area contributed by atoms with Crippen LogP contribution in [0.1, 0.15) is 0 Å². The van der Waals surface area contributed by atoms with Crippen molar-refractivity contribution >= 4 is 10.8 Å². The molecule has 1 radical (unpaired) electrons. The molecule has 0 unspecified atom stereocenters. The van der Waals surface area contributed by atoms with E-state index < -0.39 is 0 Å². The summed E-state index contributed by atoms with van der Waals surface area (Å²) in [5.41, 5.74) is 0. The summed E-state index contributed by atoms with van der Waals surface area (Å²) < 4.78 is 0. The summed E-state index contributed by atoms with van der Waals surface area (Å²) in [5, 5.41) is 2.44. The van der Waals surface area contributed by atoms with Crippen LogP contribution in [0.2, 0.25) is 0 Å². The maximum atomic E-state index is 3.15. The van der Waals surface area contributed by atoms with Crippen LogP contribution in [0.15, 0.2) is 42.5 Å². The van der Waals surface area contributed by atoms with Crippen molar-refractivity contribution in [2.75, 3.05) is 0 Å². The van der Waals surface area contributed by atoms with E-state index in [1.54, 1.807) is 0 Å². The van der Waals surface area contributed by atoms with Crippen LogP contribution >= 0.6 is 0 Å². The van der Waals surface area contributed by atoms with Gasteiger partial charge in [0.2, 0.25) is 0 Å². The molecule has 0 saturated carbocycles. The summed E-state index contributed by atoms with van der Waals surface area (Å²) >= 11 is 0. The molecule has 2 rings (SSSR count). The van der Waals surface area contributed by atoms with Crippen LogP contribution in [0.25, 0.3) is 10.8 Å². The molecular weight excluding hydrogens is 310 g/mol. The smallest absolute Gasteiger partial charge is 0.147 e. The molecule has 55 valence electrons. The Morgan fingerprint density at radius 3 is 2.45 bits per heavy atom. The Labute approximate surface area is 79.3 Å². The van der Waals surface area contributed by atoms with E-state index in [1.807, 2.05) is 24.3 Å². The van der Waals surface area contributed by atoms with E-state index in [0.29, 0.717) is 0 Å². The van der Waals surface area contributed by atoms with Gasteiger partial charge in [-0.05, 0) is 0 Å². The van der Waals surface area contributed by atoms with Gasteiger partial charge < -0.3 is 0 Å². The van der Waals surface area contributed by atoms with E-state index in [2.05, 4.69) is 24.3 Å². The summed E-state index contributed by atoms with van der Waals surface area (Å²) in [6.45, 7) is 0. The van der Waals surface area contributed by atoms with E-state index in [9.17, 15) is 0 Å². The third-order valence-corrected chi connectivity index (χ3v) is 1.57. The first-order valence-electron chi connectivity index (χ1n) is 3.32. The fourth-order valence-corrected chi connectivity index (χ4v) is 1.06. The van der Waals surface area contributed by atoms with Gasteiger partial charge >= 0.3 is 19.8 Å². The Balaban J connectivity index is 0.000000605. The molecule has 0 aromatic heterocycles. The van der Waals surface area contributed by atoms with E-state index >= 15 is 0 Å². The van der Waals surface area contributed by atoms with Gasteiger partial charge in [0.05, 0.1) is 0 Å². The van der Waals surface area contributed by atoms with Gasteiger partial charge in [0.25, 0.3) is 0 Å². The Morgan fingerprint density at radius 1 is 0.909 bits per heavy atom. The van der Waals surface area contributed by atoms with Crippen molar-refractivity contribution < 1.29 is 19.8 Å².